The molecule has 0 atom stereocenters. The van der Waals surface area contributed by atoms with E-state index in [4.69, 9.17) is 4.74 Å². The highest BCUT2D eigenvalue weighted by molar-refractivity contribution is 5.54. The molecule has 19 heavy (non-hydrogen) atoms. The van der Waals surface area contributed by atoms with Crippen molar-refractivity contribution in [3.05, 3.63) is 35.8 Å². The number of aryl methyl sites for hydroxylation is 2. The number of anilines is 2. The predicted octanol–water partition coefficient (Wildman–Crippen LogP) is 2.16. The summed E-state index contributed by atoms with van der Waals surface area (Å²) in [4.78, 5) is 4.65. The Morgan fingerprint density at radius 3 is 3.21 bits per heavy atom. The van der Waals surface area contributed by atoms with Crippen molar-refractivity contribution in [1.82, 2.24) is 14.8 Å². The fourth-order valence-corrected chi connectivity index (χ4v) is 2.37. The standard InChI is InChI=1S/C14H18N4O/c1-19-8-7-18-10-12(9-15-18)16-14-6-5-11-3-2-4-13(11)17-14/h5-6,9-10H,2-4,7-8H2,1H3,(H,16,17). The van der Waals surface area contributed by atoms with Crippen LogP contribution in [0.4, 0.5) is 11.5 Å². The van der Waals surface area contributed by atoms with Gasteiger partial charge in [-0.05, 0) is 30.9 Å². The molecule has 0 saturated heterocycles. The van der Waals surface area contributed by atoms with Gasteiger partial charge in [0.05, 0.1) is 25.0 Å². The van der Waals surface area contributed by atoms with Crippen LogP contribution in [0.15, 0.2) is 24.5 Å². The Morgan fingerprint density at radius 1 is 1.37 bits per heavy atom. The second-order valence-electron chi connectivity index (χ2n) is 4.77. The number of hydrogen-bond acceptors (Lipinski definition) is 4. The zero-order chi connectivity index (χ0) is 13.1. The lowest BCUT2D eigenvalue weighted by Crippen LogP contribution is -2.04. The molecule has 0 unspecified atom stereocenters. The van der Waals surface area contributed by atoms with E-state index in [1.165, 1.54) is 17.7 Å². The lowest BCUT2D eigenvalue weighted by atomic mass is 10.2. The minimum Gasteiger partial charge on any atom is -0.383 e. The van der Waals surface area contributed by atoms with E-state index in [-0.39, 0.29) is 0 Å². The summed E-state index contributed by atoms with van der Waals surface area (Å²) in [5.74, 6) is 0.895. The van der Waals surface area contributed by atoms with Crippen molar-refractivity contribution in [3.63, 3.8) is 0 Å². The Morgan fingerprint density at radius 2 is 2.32 bits per heavy atom. The average molecular weight is 258 g/mol. The quantitative estimate of drug-likeness (QED) is 0.893. The molecule has 2 heterocycles. The molecule has 0 aliphatic heterocycles. The first-order chi connectivity index (χ1) is 9.35. The fraction of sp³-hybridized carbons (Fsp3) is 0.429. The first kappa shape index (κ1) is 12.2. The van der Waals surface area contributed by atoms with Crippen molar-refractivity contribution < 1.29 is 4.74 Å². The molecular formula is C14H18N4O. The van der Waals surface area contributed by atoms with Crippen LogP contribution in [0, 0.1) is 0 Å². The van der Waals surface area contributed by atoms with Gasteiger partial charge >= 0.3 is 0 Å². The highest BCUT2D eigenvalue weighted by Crippen LogP contribution is 2.23. The van der Waals surface area contributed by atoms with Crippen molar-refractivity contribution in [2.45, 2.75) is 25.8 Å². The van der Waals surface area contributed by atoms with E-state index in [0.29, 0.717) is 6.61 Å². The number of pyridine rings is 1. The molecule has 3 rings (SSSR count). The van der Waals surface area contributed by atoms with Gasteiger partial charge < -0.3 is 10.1 Å². The number of hydrogen-bond donors (Lipinski definition) is 1. The highest BCUT2D eigenvalue weighted by atomic mass is 16.5. The molecule has 5 heteroatoms. The summed E-state index contributed by atoms with van der Waals surface area (Å²) >= 11 is 0. The molecule has 2 aromatic rings. The SMILES string of the molecule is COCCn1cc(Nc2ccc3c(n2)CCC3)cn1. The molecule has 1 aliphatic carbocycles. The minimum absolute atomic E-state index is 0.665. The maximum absolute atomic E-state index is 5.03. The smallest absolute Gasteiger partial charge is 0.130 e. The lowest BCUT2D eigenvalue weighted by molar-refractivity contribution is 0.183. The third kappa shape index (κ3) is 2.76. The molecule has 0 bridgehead atoms. The summed E-state index contributed by atoms with van der Waals surface area (Å²) < 4.78 is 6.89. The third-order valence-electron chi connectivity index (χ3n) is 3.36. The van der Waals surface area contributed by atoms with Crippen molar-refractivity contribution >= 4 is 11.5 Å². The van der Waals surface area contributed by atoms with Gasteiger partial charge in [-0.15, -0.1) is 0 Å². The van der Waals surface area contributed by atoms with E-state index in [9.17, 15) is 0 Å². The maximum atomic E-state index is 5.03. The minimum atomic E-state index is 0.665. The Balaban J connectivity index is 1.69. The van der Waals surface area contributed by atoms with Crippen molar-refractivity contribution in [3.8, 4) is 0 Å². The zero-order valence-corrected chi connectivity index (χ0v) is 11.1. The monoisotopic (exact) mass is 258 g/mol. The second kappa shape index (κ2) is 5.40. The van der Waals surface area contributed by atoms with Crippen LogP contribution >= 0.6 is 0 Å². The first-order valence-corrected chi connectivity index (χ1v) is 6.62. The van der Waals surface area contributed by atoms with E-state index >= 15 is 0 Å². The number of methoxy groups -OCH3 is 1. The van der Waals surface area contributed by atoms with Crippen molar-refractivity contribution in [1.29, 1.82) is 0 Å². The summed E-state index contributed by atoms with van der Waals surface area (Å²) in [5.41, 5.74) is 3.58. The molecule has 0 spiro atoms. The number of aromatic nitrogens is 3. The molecule has 0 amide bonds. The highest BCUT2D eigenvalue weighted by Gasteiger charge is 2.12. The van der Waals surface area contributed by atoms with Gasteiger partial charge in [-0.2, -0.15) is 5.10 Å². The van der Waals surface area contributed by atoms with Gasteiger partial charge in [-0.25, -0.2) is 4.98 Å². The molecule has 1 aliphatic rings. The molecular weight excluding hydrogens is 240 g/mol. The number of ether oxygens (including phenoxy) is 1. The van der Waals surface area contributed by atoms with Crippen molar-refractivity contribution in [2.24, 2.45) is 0 Å². The molecule has 0 aromatic carbocycles. The number of rotatable bonds is 5. The Bertz CT molecular complexity index is 564. The molecule has 1 N–H and O–H groups in total. The zero-order valence-electron chi connectivity index (χ0n) is 11.1. The van der Waals surface area contributed by atoms with E-state index < -0.39 is 0 Å². The number of nitrogens with one attached hydrogen (secondary N) is 1. The van der Waals surface area contributed by atoms with E-state index in [1.54, 1.807) is 7.11 Å². The molecule has 2 aromatic heterocycles. The Kier molecular flexibility index (Phi) is 3.46. The lowest BCUT2D eigenvalue weighted by Gasteiger charge is -2.05. The third-order valence-corrected chi connectivity index (χ3v) is 3.36. The van der Waals surface area contributed by atoms with Crippen LogP contribution < -0.4 is 5.32 Å². The van der Waals surface area contributed by atoms with Gasteiger partial charge in [-0.1, -0.05) is 6.07 Å². The topological polar surface area (TPSA) is 52.0 Å². The molecule has 0 fully saturated rings. The molecule has 100 valence electrons. The molecule has 0 radical (unpaired) electrons. The van der Waals surface area contributed by atoms with Crippen LogP contribution in [-0.2, 0) is 24.1 Å². The second-order valence-corrected chi connectivity index (χ2v) is 4.77. The van der Waals surface area contributed by atoms with E-state index in [0.717, 1.165) is 30.9 Å². The van der Waals surface area contributed by atoms with Crippen LogP contribution in [0.3, 0.4) is 0 Å². The summed E-state index contributed by atoms with van der Waals surface area (Å²) in [6.45, 7) is 1.42. The van der Waals surface area contributed by atoms with Gasteiger partial charge in [-0.3, -0.25) is 4.68 Å². The Hall–Kier alpha value is -1.88. The average Bonchev–Trinajstić information content (AvgIpc) is 3.05. The summed E-state index contributed by atoms with van der Waals surface area (Å²) in [7, 11) is 1.69. The van der Waals surface area contributed by atoms with Crippen LogP contribution in [-0.4, -0.2) is 28.5 Å². The van der Waals surface area contributed by atoms with Gasteiger partial charge in [0.15, 0.2) is 0 Å². The fourth-order valence-electron chi connectivity index (χ4n) is 2.37. The van der Waals surface area contributed by atoms with Gasteiger partial charge in [0.2, 0.25) is 0 Å². The first-order valence-electron chi connectivity index (χ1n) is 6.62. The Labute approximate surface area is 112 Å². The molecule has 0 saturated carbocycles. The number of nitrogens with zero attached hydrogens (tertiary/aromatic N) is 3. The summed E-state index contributed by atoms with van der Waals surface area (Å²) in [6.07, 6.45) is 7.26. The van der Waals surface area contributed by atoms with Crippen LogP contribution in [0.5, 0.6) is 0 Å². The summed E-state index contributed by atoms with van der Waals surface area (Å²) in [5, 5.41) is 7.56. The van der Waals surface area contributed by atoms with Crippen LogP contribution in [0.2, 0.25) is 0 Å². The predicted molar refractivity (Wildman–Crippen MR) is 73.6 cm³/mol. The molecule has 5 nitrogen and oxygen atoms in total. The van der Waals surface area contributed by atoms with Crippen LogP contribution in [0.1, 0.15) is 17.7 Å². The van der Waals surface area contributed by atoms with E-state index in [1.807, 2.05) is 23.1 Å². The number of fused-ring (bicyclic) bond motifs is 1. The normalized spacial score (nSPS) is 13.5. The van der Waals surface area contributed by atoms with Crippen LogP contribution in [0.25, 0.3) is 0 Å². The van der Waals surface area contributed by atoms with Gasteiger partial charge in [0.1, 0.15) is 5.82 Å². The van der Waals surface area contributed by atoms with Gasteiger partial charge in [0.25, 0.3) is 0 Å². The van der Waals surface area contributed by atoms with E-state index in [2.05, 4.69) is 21.5 Å². The maximum Gasteiger partial charge on any atom is 0.130 e. The van der Waals surface area contributed by atoms with Gasteiger partial charge in [0, 0.05) is 19.0 Å². The largest absolute Gasteiger partial charge is 0.383 e. The summed E-state index contributed by atoms with van der Waals surface area (Å²) in [6, 6.07) is 4.21. The van der Waals surface area contributed by atoms with Crippen molar-refractivity contribution in [2.75, 3.05) is 19.0 Å².